The van der Waals surface area contributed by atoms with Gasteiger partial charge in [-0.15, -0.1) is 0 Å². The van der Waals surface area contributed by atoms with Gasteiger partial charge in [0.05, 0.1) is 12.3 Å². The molecule has 1 nitrogen and oxygen atoms in total. The highest BCUT2D eigenvalue weighted by Crippen LogP contribution is 2.55. The molecule has 3 rings (SSSR count). The standard InChI is InChI=1S/C25H30OP/c1-2-3-13-22(26)20-21-27(23-14-7-4-8-15-23,24-16-9-5-10-17-24)25-18-11-6-12-19-25/h4-12,14-19,22,26H,2-3,13,20-21H2,1H3/q+1/t22-/m0/s1. The van der Waals surface area contributed by atoms with E-state index in [1.807, 2.05) is 0 Å². The van der Waals surface area contributed by atoms with Crippen LogP contribution in [0.4, 0.5) is 0 Å². The highest BCUT2D eigenvalue weighted by Gasteiger charge is 2.44. The summed E-state index contributed by atoms with van der Waals surface area (Å²) >= 11 is 0. The number of hydrogen-bond donors (Lipinski definition) is 1. The maximum Gasteiger partial charge on any atom is 0.112 e. The predicted molar refractivity (Wildman–Crippen MR) is 120 cm³/mol. The van der Waals surface area contributed by atoms with E-state index in [-0.39, 0.29) is 6.10 Å². The normalized spacial score (nSPS) is 12.7. The van der Waals surface area contributed by atoms with Crippen LogP contribution >= 0.6 is 7.26 Å². The molecule has 0 saturated heterocycles. The average molecular weight is 377 g/mol. The van der Waals surface area contributed by atoms with Crippen LogP contribution in [-0.2, 0) is 0 Å². The third-order valence-corrected chi connectivity index (χ3v) is 9.75. The van der Waals surface area contributed by atoms with E-state index in [1.54, 1.807) is 0 Å². The fraction of sp³-hybridized carbons (Fsp3) is 0.280. The Morgan fingerprint density at radius 1 is 0.667 bits per heavy atom. The fourth-order valence-corrected chi connectivity index (χ4v) is 8.21. The number of aliphatic hydroxyl groups is 1. The summed E-state index contributed by atoms with van der Waals surface area (Å²) in [7, 11) is -1.80. The molecular formula is C25H30OP+. The van der Waals surface area contributed by atoms with Crippen LogP contribution in [-0.4, -0.2) is 17.4 Å². The second-order valence-electron chi connectivity index (χ2n) is 7.12. The summed E-state index contributed by atoms with van der Waals surface area (Å²) in [5.74, 6) is 0. The lowest BCUT2D eigenvalue weighted by molar-refractivity contribution is 0.158. The summed E-state index contributed by atoms with van der Waals surface area (Å²) in [4.78, 5) is 0. The topological polar surface area (TPSA) is 20.2 Å². The molecule has 0 fully saturated rings. The van der Waals surface area contributed by atoms with Gasteiger partial charge >= 0.3 is 0 Å². The second kappa shape index (κ2) is 9.83. The molecule has 0 saturated carbocycles. The molecule has 3 aromatic rings. The Bertz CT molecular complexity index is 690. The fourth-order valence-electron chi connectivity index (χ4n) is 3.81. The van der Waals surface area contributed by atoms with Gasteiger partial charge in [0.1, 0.15) is 23.2 Å². The van der Waals surface area contributed by atoms with E-state index in [1.165, 1.54) is 15.9 Å². The summed E-state index contributed by atoms with van der Waals surface area (Å²) < 4.78 is 0. The van der Waals surface area contributed by atoms with E-state index >= 15 is 0 Å². The van der Waals surface area contributed by atoms with Crippen LogP contribution in [0.25, 0.3) is 0 Å². The molecule has 0 radical (unpaired) electrons. The Morgan fingerprint density at radius 2 is 1.07 bits per heavy atom. The minimum absolute atomic E-state index is 0.222. The molecule has 27 heavy (non-hydrogen) atoms. The molecule has 0 aliphatic rings. The van der Waals surface area contributed by atoms with E-state index in [4.69, 9.17) is 0 Å². The van der Waals surface area contributed by atoms with E-state index < -0.39 is 7.26 Å². The molecule has 0 unspecified atom stereocenters. The van der Waals surface area contributed by atoms with Crippen LogP contribution in [0.5, 0.6) is 0 Å². The first-order valence-corrected chi connectivity index (χ1v) is 12.0. The third kappa shape index (κ3) is 4.67. The van der Waals surface area contributed by atoms with Crippen molar-refractivity contribution in [3.05, 3.63) is 91.0 Å². The van der Waals surface area contributed by atoms with Gasteiger partial charge in [0.2, 0.25) is 0 Å². The van der Waals surface area contributed by atoms with Gasteiger partial charge < -0.3 is 5.11 Å². The zero-order valence-electron chi connectivity index (χ0n) is 16.2. The predicted octanol–water partition coefficient (Wildman–Crippen LogP) is 4.92. The summed E-state index contributed by atoms with van der Waals surface area (Å²) in [6.07, 6.45) is 4.74. The average Bonchev–Trinajstić information content (AvgIpc) is 2.75. The number of benzene rings is 3. The van der Waals surface area contributed by atoms with Crippen molar-refractivity contribution in [2.75, 3.05) is 6.16 Å². The highest BCUT2D eigenvalue weighted by molar-refractivity contribution is 7.95. The molecule has 0 aromatic heterocycles. The van der Waals surface area contributed by atoms with Crippen LogP contribution in [0.3, 0.4) is 0 Å². The van der Waals surface area contributed by atoms with Crippen molar-refractivity contribution in [2.45, 2.75) is 38.7 Å². The monoisotopic (exact) mass is 377 g/mol. The lowest BCUT2D eigenvalue weighted by Gasteiger charge is -2.28. The molecular weight excluding hydrogens is 347 g/mol. The van der Waals surface area contributed by atoms with Crippen LogP contribution in [0.15, 0.2) is 91.0 Å². The Hall–Kier alpha value is -1.95. The molecule has 2 heteroatoms. The molecule has 3 aromatic carbocycles. The number of unbranched alkanes of at least 4 members (excludes halogenated alkanes) is 1. The Balaban J connectivity index is 2.08. The van der Waals surface area contributed by atoms with Gasteiger partial charge in [-0.3, -0.25) is 0 Å². The number of rotatable bonds is 9. The third-order valence-electron chi connectivity index (χ3n) is 5.28. The number of hydrogen-bond acceptors (Lipinski definition) is 1. The Kier molecular flexibility index (Phi) is 7.21. The zero-order chi connectivity index (χ0) is 19.0. The van der Waals surface area contributed by atoms with Crippen LogP contribution in [0.1, 0.15) is 32.6 Å². The first kappa shape index (κ1) is 19.8. The smallest absolute Gasteiger partial charge is 0.112 e. The summed E-state index contributed by atoms with van der Waals surface area (Å²) in [5, 5.41) is 14.8. The molecule has 0 aliphatic carbocycles. The van der Waals surface area contributed by atoms with Crippen LogP contribution < -0.4 is 15.9 Å². The minimum atomic E-state index is -1.80. The van der Waals surface area contributed by atoms with Crippen molar-refractivity contribution in [3.8, 4) is 0 Å². The van der Waals surface area contributed by atoms with E-state index in [2.05, 4.69) is 97.9 Å². The molecule has 1 atom stereocenters. The van der Waals surface area contributed by atoms with Gasteiger partial charge in [-0.2, -0.15) is 0 Å². The van der Waals surface area contributed by atoms with E-state index in [0.717, 1.165) is 31.8 Å². The van der Waals surface area contributed by atoms with Gasteiger partial charge in [-0.1, -0.05) is 74.4 Å². The lowest BCUT2D eigenvalue weighted by Crippen LogP contribution is -2.34. The van der Waals surface area contributed by atoms with E-state index in [0.29, 0.717) is 0 Å². The summed E-state index contributed by atoms with van der Waals surface area (Å²) in [5.41, 5.74) is 0. The first-order valence-electron chi connectivity index (χ1n) is 10.0. The van der Waals surface area contributed by atoms with Gasteiger partial charge in [-0.25, -0.2) is 0 Å². The molecule has 0 heterocycles. The van der Waals surface area contributed by atoms with Crippen LogP contribution in [0, 0.1) is 0 Å². The lowest BCUT2D eigenvalue weighted by atomic mass is 10.1. The zero-order valence-corrected chi connectivity index (χ0v) is 17.1. The molecule has 0 amide bonds. The van der Waals surface area contributed by atoms with Crippen molar-refractivity contribution in [1.29, 1.82) is 0 Å². The maximum atomic E-state index is 10.6. The summed E-state index contributed by atoms with van der Waals surface area (Å²) in [6.45, 7) is 2.18. The largest absolute Gasteiger partial charge is 0.393 e. The molecule has 0 bridgehead atoms. The van der Waals surface area contributed by atoms with Crippen molar-refractivity contribution < 1.29 is 5.11 Å². The quantitative estimate of drug-likeness (QED) is 0.525. The van der Waals surface area contributed by atoms with Crippen molar-refractivity contribution in [2.24, 2.45) is 0 Å². The van der Waals surface area contributed by atoms with Crippen LogP contribution in [0.2, 0.25) is 0 Å². The molecule has 0 spiro atoms. The molecule has 0 aliphatic heterocycles. The van der Waals surface area contributed by atoms with Crippen molar-refractivity contribution >= 4 is 23.2 Å². The molecule has 140 valence electrons. The minimum Gasteiger partial charge on any atom is -0.393 e. The van der Waals surface area contributed by atoms with Gasteiger partial charge in [0.15, 0.2) is 0 Å². The number of aliphatic hydroxyl groups excluding tert-OH is 1. The second-order valence-corrected chi connectivity index (χ2v) is 10.7. The van der Waals surface area contributed by atoms with Crippen molar-refractivity contribution in [1.82, 2.24) is 0 Å². The Labute approximate surface area is 164 Å². The Morgan fingerprint density at radius 3 is 1.44 bits per heavy atom. The van der Waals surface area contributed by atoms with Gasteiger partial charge in [0, 0.05) is 6.42 Å². The van der Waals surface area contributed by atoms with Gasteiger partial charge in [0.25, 0.3) is 0 Å². The molecule has 1 N–H and O–H groups in total. The maximum absolute atomic E-state index is 10.6. The SMILES string of the molecule is CCCC[C@H](O)CC[P+](c1ccccc1)(c1ccccc1)c1ccccc1. The highest BCUT2D eigenvalue weighted by atomic mass is 31.2. The summed E-state index contributed by atoms with van der Waals surface area (Å²) in [6, 6.07) is 32.7. The first-order chi connectivity index (χ1) is 13.3. The van der Waals surface area contributed by atoms with Gasteiger partial charge in [-0.05, 0) is 42.8 Å². The van der Waals surface area contributed by atoms with Crippen molar-refractivity contribution in [3.63, 3.8) is 0 Å². The van der Waals surface area contributed by atoms with E-state index in [9.17, 15) is 5.11 Å².